The number of likely N-dealkylation sites (tertiary alicyclic amines) is 2. The Morgan fingerprint density at radius 3 is 2.41 bits per heavy atom. The topological polar surface area (TPSA) is 139 Å². The Bertz CT molecular complexity index is 1380. The summed E-state index contributed by atoms with van der Waals surface area (Å²) in [5, 5.41) is 11.7. The number of piperidine rings is 1. The lowest BCUT2D eigenvalue weighted by atomic mass is 10.1. The highest BCUT2D eigenvalue weighted by Gasteiger charge is 2.31. The molecule has 0 radical (unpaired) electrons. The van der Waals surface area contributed by atoms with Gasteiger partial charge in [0.05, 0.1) is 11.4 Å². The van der Waals surface area contributed by atoms with Crippen molar-refractivity contribution in [3.05, 3.63) is 40.2 Å². The SMILES string of the molecule is CC(C)(C)OC(=O)N1CCCC(n2nc(-c3ccc(C(=O)N4CCCC4)cc3)c3c(N)n[nH]c(=O)c32)C1. The average molecular weight is 508 g/mol. The Morgan fingerprint density at radius 2 is 1.73 bits per heavy atom. The molecular weight excluding hydrogens is 474 g/mol. The average Bonchev–Trinajstić information content (AvgIpc) is 3.54. The fourth-order valence-electron chi connectivity index (χ4n) is 5.10. The summed E-state index contributed by atoms with van der Waals surface area (Å²) in [7, 11) is 0. The number of benzene rings is 1. The molecule has 11 heteroatoms. The first-order valence-electron chi connectivity index (χ1n) is 12.8. The minimum Gasteiger partial charge on any atom is -0.444 e. The molecule has 2 saturated heterocycles. The van der Waals surface area contributed by atoms with E-state index in [4.69, 9.17) is 15.6 Å². The van der Waals surface area contributed by atoms with Gasteiger partial charge in [0.1, 0.15) is 16.8 Å². The number of carbonyl (C=O) groups excluding carboxylic acids is 2. The third kappa shape index (κ3) is 4.90. The van der Waals surface area contributed by atoms with E-state index < -0.39 is 11.2 Å². The van der Waals surface area contributed by atoms with Crippen molar-refractivity contribution in [2.45, 2.75) is 58.1 Å². The van der Waals surface area contributed by atoms with Gasteiger partial charge in [-0.25, -0.2) is 9.89 Å². The van der Waals surface area contributed by atoms with Crippen molar-refractivity contribution >= 4 is 28.7 Å². The van der Waals surface area contributed by atoms with E-state index in [2.05, 4.69) is 10.2 Å². The summed E-state index contributed by atoms with van der Waals surface area (Å²) in [4.78, 5) is 42.0. The van der Waals surface area contributed by atoms with Crippen molar-refractivity contribution in [3.8, 4) is 11.3 Å². The molecule has 196 valence electrons. The number of anilines is 1. The first-order chi connectivity index (χ1) is 17.6. The summed E-state index contributed by atoms with van der Waals surface area (Å²) in [5.41, 5.74) is 7.39. The molecule has 11 nitrogen and oxygen atoms in total. The standard InChI is InChI=1S/C26H33N7O4/c1-26(2,3)37-25(36)32-14-6-7-18(15-32)33-21-19(22(27)28-29-23(21)34)20(30-33)16-8-10-17(11-9-16)24(35)31-12-4-5-13-31/h8-11,18H,4-7,12-15H2,1-3H3,(H2,27,28)(H,29,34). The maximum absolute atomic E-state index is 12.9. The lowest BCUT2D eigenvalue weighted by Gasteiger charge is -2.34. The van der Waals surface area contributed by atoms with Crippen molar-refractivity contribution in [3.63, 3.8) is 0 Å². The van der Waals surface area contributed by atoms with Crippen molar-refractivity contribution in [2.24, 2.45) is 0 Å². The number of fused-ring (bicyclic) bond motifs is 1. The van der Waals surface area contributed by atoms with Crippen LogP contribution in [0.15, 0.2) is 29.1 Å². The quantitative estimate of drug-likeness (QED) is 0.555. The number of nitrogens with zero attached hydrogens (tertiary/aromatic N) is 5. The van der Waals surface area contributed by atoms with Crippen LogP contribution < -0.4 is 11.3 Å². The molecule has 0 spiro atoms. The number of carbonyl (C=O) groups is 2. The summed E-state index contributed by atoms with van der Waals surface area (Å²) < 4.78 is 7.23. The smallest absolute Gasteiger partial charge is 0.410 e. The molecule has 5 rings (SSSR count). The van der Waals surface area contributed by atoms with E-state index in [0.717, 1.165) is 44.3 Å². The Kier molecular flexibility index (Phi) is 6.38. The summed E-state index contributed by atoms with van der Waals surface area (Å²) in [5.74, 6) is 0.175. The van der Waals surface area contributed by atoms with Crippen LogP contribution in [0.3, 0.4) is 0 Å². The number of ether oxygens (including phenoxy) is 1. The van der Waals surface area contributed by atoms with E-state index in [9.17, 15) is 14.4 Å². The summed E-state index contributed by atoms with van der Waals surface area (Å²) in [6.45, 7) is 7.99. The van der Waals surface area contributed by atoms with E-state index in [1.54, 1.807) is 21.7 Å². The first kappa shape index (κ1) is 24.8. The maximum Gasteiger partial charge on any atom is 0.410 e. The van der Waals surface area contributed by atoms with Crippen LogP contribution in [0.4, 0.5) is 10.6 Å². The number of nitrogen functional groups attached to an aromatic ring is 1. The van der Waals surface area contributed by atoms with E-state index in [1.807, 2.05) is 37.8 Å². The molecule has 37 heavy (non-hydrogen) atoms. The number of nitrogens with one attached hydrogen (secondary N) is 1. The zero-order valence-corrected chi connectivity index (χ0v) is 21.5. The van der Waals surface area contributed by atoms with Crippen LogP contribution >= 0.6 is 0 Å². The van der Waals surface area contributed by atoms with Gasteiger partial charge in [0.25, 0.3) is 11.5 Å². The minimum absolute atomic E-state index is 0.0153. The predicted octanol–water partition coefficient (Wildman–Crippen LogP) is 3.18. The van der Waals surface area contributed by atoms with Crippen molar-refractivity contribution in [1.82, 2.24) is 29.8 Å². The molecule has 3 aromatic rings. The van der Waals surface area contributed by atoms with Crippen LogP contribution in [0, 0.1) is 0 Å². The maximum atomic E-state index is 12.9. The summed E-state index contributed by atoms with van der Waals surface area (Å²) >= 11 is 0. The highest BCUT2D eigenvalue weighted by atomic mass is 16.6. The molecule has 2 aliphatic heterocycles. The third-order valence-corrected chi connectivity index (χ3v) is 6.85. The Hall–Kier alpha value is -3.89. The number of aromatic nitrogens is 4. The largest absolute Gasteiger partial charge is 0.444 e. The zero-order valence-electron chi connectivity index (χ0n) is 21.5. The van der Waals surface area contributed by atoms with Gasteiger partial charge in [-0.3, -0.25) is 14.3 Å². The van der Waals surface area contributed by atoms with Gasteiger partial charge < -0.3 is 20.3 Å². The van der Waals surface area contributed by atoms with Crippen LogP contribution in [0.5, 0.6) is 0 Å². The zero-order chi connectivity index (χ0) is 26.3. The molecule has 2 fully saturated rings. The van der Waals surface area contributed by atoms with Crippen LogP contribution in [-0.4, -0.2) is 73.6 Å². The predicted molar refractivity (Wildman–Crippen MR) is 139 cm³/mol. The Labute approximate surface area is 214 Å². The lowest BCUT2D eigenvalue weighted by Crippen LogP contribution is -2.43. The Balaban J connectivity index is 1.50. The van der Waals surface area contributed by atoms with Crippen molar-refractivity contribution < 1.29 is 14.3 Å². The van der Waals surface area contributed by atoms with E-state index in [1.165, 1.54) is 0 Å². The second kappa shape index (κ2) is 9.53. The highest BCUT2D eigenvalue weighted by Crippen LogP contribution is 2.33. The molecular formula is C26H33N7O4. The Morgan fingerprint density at radius 1 is 1.05 bits per heavy atom. The first-order valence-corrected chi connectivity index (χ1v) is 12.8. The van der Waals surface area contributed by atoms with Gasteiger partial charge in [0, 0.05) is 37.3 Å². The van der Waals surface area contributed by atoms with Crippen LogP contribution in [0.1, 0.15) is 62.9 Å². The van der Waals surface area contributed by atoms with Crippen LogP contribution in [0.25, 0.3) is 22.2 Å². The molecule has 0 bridgehead atoms. The highest BCUT2D eigenvalue weighted by molar-refractivity contribution is 6.00. The molecule has 0 saturated carbocycles. The number of amides is 2. The number of rotatable bonds is 3. The molecule has 2 aliphatic rings. The normalized spacial score (nSPS) is 18.4. The molecule has 0 aliphatic carbocycles. The van der Waals surface area contributed by atoms with Gasteiger partial charge in [-0.2, -0.15) is 10.2 Å². The number of hydrogen-bond donors (Lipinski definition) is 2. The number of H-pyrrole nitrogens is 1. The van der Waals surface area contributed by atoms with Gasteiger partial charge >= 0.3 is 6.09 Å². The van der Waals surface area contributed by atoms with Gasteiger partial charge in [0.15, 0.2) is 5.82 Å². The molecule has 1 atom stereocenters. The van der Waals surface area contributed by atoms with E-state index in [0.29, 0.717) is 35.2 Å². The molecule has 3 N–H and O–H groups in total. The lowest BCUT2D eigenvalue weighted by molar-refractivity contribution is 0.0169. The second-order valence-corrected chi connectivity index (χ2v) is 10.8. The van der Waals surface area contributed by atoms with Crippen LogP contribution in [0.2, 0.25) is 0 Å². The van der Waals surface area contributed by atoms with Crippen molar-refractivity contribution in [1.29, 1.82) is 0 Å². The number of hydrogen-bond acceptors (Lipinski definition) is 7. The molecule has 1 unspecified atom stereocenters. The molecule has 1 aromatic carbocycles. The third-order valence-electron chi connectivity index (χ3n) is 6.85. The summed E-state index contributed by atoms with van der Waals surface area (Å²) in [6.07, 6.45) is 3.15. The monoisotopic (exact) mass is 507 g/mol. The van der Waals surface area contributed by atoms with E-state index in [-0.39, 0.29) is 23.9 Å². The number of aromatic amines is 1. The molecule has 2 amide bonds. The second-order valence-electron chi connectivity index (χ2n) is 10.8. The minimum atomic E-state index is -0.602. The molecule has 2 aromatic heterocycles. The molecule has 4 heterocycles. The fourth-order valence-corrected chi connectivity index (χ4v) is 5.10. The number of nitrogens with two attached hydrogens (primary N) is 1. The summed E-state index contributed by atoms with van der Waals surface area (Å²) in [6, 6.07) is 6.97. The van der Waals surface area contributed by atoms with Gasteiger partial charge in [-0.05, 0) is 58.6 Å². The fraction of sp³-hybridized carbons (Fsp3) is 0.500. The van der Waals surface area contributed by atoms with Gasteiger partial charge in [-0.1, -0.05) is 12.1 Å². The van der Waals surface area contributed by atoms with Crippen LogP contribution in [-0.2, 0) is 4.74 Å². The van der Waals surface area contributed by atoms with Crippen molar-refractivity contribution in [2.75, 3.05) is 31.9 Å². The van der Waals surface area contributed by atoms with Gasteiger partial charge in [-0.15, -0.1) is 0 Å². The van der Waals surface area contributed by atoms with E-state index >= 15 is 0 Å². The van der Waals surface area contributed by atoms with Gasteiger partial charge in [0.2, 0.25) is 0 Å².